The van der Waals surface area contributed by atoms with Crippen LogP contribution in [0.5, 0.6) is 0 Å². The maximum Gasteiger partial charge on any atom is 0.270 e. The van der Waals surface area contributed by atoms with Crippen molar-refractivity contribution in [1.82, 2.24) is 44.9 Å². The second-order valence-electron chi connectivity index (χ2n) is 16.9. The Morgan fingerprint density at radius 1 is 0.825 bits per heavy atom. The molecule has 5 amide bonds. The van der Waals surface area contributed by atoms with Crippen molar-refractivity contribution < 1.29 is 24.0 Å². The smallest absolute Gasteiger partial charge is 0.270 e. The normalized spacial score (nSPS) is 21.8. The lowest BCUT2D eigenvalue weighted by Gasteiger charge is -2.40. The predicted octanol–water partition coefficient (Wildman–Crippen LogP) is 3.41. The number of carbonyl (C=O) groups is 5. The Balaban J connectivity index is 0.679. The number of fused-ring (bicyclic) bond motifs is 2. The fourth-order valence-electron chi connectivity index (χ4n) is 9.50. The Bertz CT molecular complexity index is 2670. The van der Waals surface area contributed by atoms with E-state index in [0.29, 0.717) is 28.4 Å². The zero-order valence-electron chi connectivity index (χ0n) is 34.4. The number of hydrogen-bond donors (Lipinski definition) is 3. The average molecular weight is 848 g/mol. The molecule has 18 heteroatoms. The molecule has 4 fully saturated rings. The third-order valence-corrected chi connectivity index (χ3v) is 13.1. The van der Waals surface area contributed by atoms with Crippen LogP contribution < -0.4 is 25.8 Å². The van der Waals surface area contributed by atoms with Gasteiger partial charge in [-0.15, -0.1) is 0 Å². The van der Waals surface area contributed by atoms with E-state index in [2.05, 4.69) is 74.9 Å². The number of nitrogens with zero attached hydrogens (tertiary/aromatic N) is 10. The van der Waals surface area contributed by atoms with Gasteiger partial charge in [0.1, 0.15) is 29.8 Å². The summed E-state index contributed by atoms with van der Waals surface area (Å²) in [6, 6.07) is 19.7. The van der Waals surface area contributed by atoms with Crippen molar-refractivity contribution in [2.24, 2.45) is 5.92 Å². The first-order chi connectivity index (χ1) is 30.7. The summed E-state index contributed by atoms with van der Waals surface area (Å²) in [5, 5.41) is 17.8. The third kappa shape index (κ3) is 7.80. The van der Waals surface area contributed by atoms with Gasteiger partial charge in [0.15, 0.2) is 17.0 Å². The van der Waals surface area contributed by atoms with Crippen molar-refractivity contribution in [3.05, 3.63) is 95.8 Å². The summed E-state index contributed by atoms with van der Waals surface area (Å²) in [6.45, 7) is 6.58. The van der Waals surface area contributed by atoms with Crippen LogP contribution in [0.15, 0.2) is 73.3 Å². The highest BCUT2D eigenvalue weighted by atomic mass is 16.2. The second-order valence-corrected chi connectivity index (χ2v) is 16.9. The third-order valence-electron chi connectivity index (χ3n) is 13.1. The highest BCUT2D eigenvalue weighted by Crippen LogP contribution is 2.36. The van der Waals surface area contributed by atoms with Crippen molar-refractivity contribution in [3.63, 3.8) is 0 Å². The van der Waals surface area contributed by atoms with Gasteiger partial charge in [-0.05, 0) is 92.6 Å². The summed E-state index contributed by atoms with van der Waals surface area (Å²) in [7, 11) is 0. The molecule has 5 aliphatic rings. The highest BCUT2D eigenvalue weighted by Gasteiger charge is 2.45. The number of anilines is 4. The van der Waals surface area contributed by atoms with E-state index in [-0.39, 0.29) is 42.2 Å². The number of aromatic nitrogens is 5. The Morgan fingerprint density at radius 3 is 2.33 bits per heavy atom. The first-order valence-corrected chi connectivity index (χ1v) is 21.5. The van der Waals surface area contributed by atoms with Crippen LogP contribution in [-0.2, 0) is 9.59 Å². The molecule has 4 aliphatic heterocycles. The number of hydrogen-bond acceptors (Lipinski definition) is 14. The Hall–Kier alpha value is -7.26. The van der Waals surface area contributed by atoms with Crippen molar-refractivity contribution >= 4 is 63.6 Å². The van der Waals surface area contributed by atoms with Crippen molar-refractivity contribution in [1.29, 1.82) is 5.26 Å². The average Bonchev–Trinajstić information content (AvgIpc) is 3.83. The van der Waals surface area contributed by atoms with E-state index in [9.17, 15) is 24.0 Å². The second kappa shape index (κ2) is 16.5. The molecule has 2 aromatic carbocycles. The summed E-state index contributed by atoms with van der Waals surface area (Å²) in [4.78, 5) is 89.3. The lowest BCUT2D eigenvalue weighted by molar-refractivity contribution is -0.136. The summed E-state index contributed by atoms with van der Waals surface area (Å²) in [6.07, 6.45) is 7.05. The minimum absolute atomic E-state index is 0.0166. The van der Waals surface area contributed by atoms with Crippen LogP contribution in [-0.4, -0.2) is 122 Å². The van der Waals surface area contributed by atoms with Crippen molar-refractivity contribution in [3.8, 4) is 6.07 Å². The van der Waals surface area contributed by atoms with E-state index in [0.717, 1.165) is 93.4 Å². The number of carbonyl (C=O) groups excluding carboxylic acids is 5. The van der Waals surface area contributed by atoms with Crippen LogP contribution in [0.2, 0.25) is 0 Å². The number of nitriles is 1. The number of imide groups is 2. The molecule has 1 aliphatic carbocycles. The SMILES string of the molecule is N#Cc1cccc(C(=O)NC2CC(n3cnc4c(Nc5ccc(N6CCN(CC7CCN(c8ccc9c(c8)C(=O)N([C@H]8CCC(=O)NC8=O)C9=O)CC7)CC6)cc5)ncnc43)C2)n1. The van der Waals surface area contributed by atoms with Gasteiger partial charge in [0.25, 0.3) is 17.7 Å². The number of nitrogens with one attached hydrogen (secondary N) is 3. The summed E-state index contributed by atoms with van der Waals surface area (Å²) >= 11 is 0. The Morgan fingerprint density at radius 2 is 1.57 bits per heavy atom. The molecule has 7 heterocycles. The van der Waals surface area contributed by atoms with Gasteiger partial charge in [-0.1, -0.05) is 6.07 Å². The lowest BCUT2D eigenvalue weighted by Crippen LogP contribution is -2.54. The molecule has 3 N–H and O–H groups in total. The predicted molar refractivity (Wildman–Crippen MR) is 230 cm³/mol. The van der Waals surface area contributed by atoms with E-state index in [1.165, 1.54) is 12.0 Å². The van der Waals surface area contributed by atoms with Crippen molar-refractivity contribution in [2.45, 2.75) is 56.7 Å². The molecule has 1 atom stereocenters. The minimum atomic E-state index is -0.972. The van der Waals surface area contributed by atoms with Crippen LogP contribution in [0.1, 0.15) is 81.5 Å². The van der Waals surface area contributed by atoms with E-state index in [1.54, 1.807) is 36.7 Å². The Kier molecular flexibility index (Phi) is 10.5. The van der Waals surface area contributed by atoms with Crippen LogP contribution >= 0.6 is 0 Å². The highest BCUT2D eigenvalue weighted by molar-refractivity contribution is 6.23. The zero-order valence-corrected chi connectivity index (χ0v) is 34.4. The van der Waals surface area contributed by atoms with Crippen LogP contribution in [0, 0.1) is 17.2 Å². The molecule has 320 valence electrons. The van der Waals surface area contributed by atoms with E-state index in [1.807, 2.05) is 16.7 Å². The van der Waals surface area contributed by atoms with Crippen molar-refractivity contribution in [2.75, 3.05) is 60.9 Å². The van der Waals surface area contributed by atoms with Gasteiger partial charge < -0.3 is 25.0 Å². The molecular formula is C45H45N13O5. The quantitative estimate of drug-likeness (QED) is 0.172. The summed E-state index contributed by atoms with van der Waals surface area (Å²) in [5.74, 6) is -1.07. The van der Waals surface area contributed by atoms with E-state index in [4.69, 9.17) is 5.26 Å². The summed E-state index contributed by atoms with van der Waals surface area (Å²) < 4.78 is 2.04. The molecule has 1 saturated carbocycles. The maximum absolute atomic E-state index is 13.4. The zero-order chi connectivity index (χ0) is 43.2. The van der Waals surface area contributed by atoms with Gasteiger partial charge in [0.2, 0.25) is 11.8 Å². The first kappa shape index (κ1) is 39.9. The number of rotatable bonds is 10. The molecule has 0 spiro atoms. The number of benzene rings is 2. The van der Waals surface area contributed by atoms with Gasteiger partial charge in [0, 0.05) is 81.4 Å². The minimum Gasteiger partial charge on any atom is -0.371 e. The van der Waals surface area contributed by atoms with Gasteiger partial charge in [-0.25, -0.2) is 19.9 Å². The molecule has 0 radical (unpaired) electrons. The lowest BCUT2D eigenvalue weighted by atomic mass is 9.86. The van der Waals surface area contributed by atoms with Crippen LogP contribution in [0.4, 0.5) is 22.9 Å². The maximum atomic E-state index is 13.4. The molecular weight excluding hydrogens is 803 g/mol. The number of pyridine rings is 1. The number of piperazine rings is 1. The molecule has 18 nitrogen and oxygen atoms in total. The van der Waals surface area contributed by atoms with E-state index < -0.39 is 29.7 Å². The number of imidazole rings is 1. The molecule has 0 unspecified atom stereocenters. The molecule has 10 rings (SSSR count). The molecule has 3 saturated heterocycles. The van der Waals surface area contributed by atoms with Gasteiger partial charge in [-0.2, -0.15) is 5.26 Å². The topological polar surface area (TPSA) is 215 Å². The number of piperidine rings is 2. The first-order valence-electron chi connectivity index (χ1n) is 21.5. The fourth-order valence-corrected chi connectivity index (χ4v) is 9.50. The van der Waals surface area contributed by atoms with Gasteiger partial charge in [0.05, 0.1) is 17.5 Å². The van der Waals surface area contributed by atoms with Crippen LogP contribution in [0.3, 0.4) is 0 Å². The summed E-state index contributed by atoms with van der Waals surface area (Å²) in [5.41, 5.74) is 5.41. The molecule has 3 aromatic heterocycles. The number of amides is 5. The Labute approximate surface area is 362 Å². The molecule has 5 aromatic rings. The monoisotopic (exact) mass is 847 g/mol. The van der Waals surface area contributed by atoms with Gasteiger partial charge in [-0.3, -0.25) is 39.1 Å². The fraction of sp³-hybridized carbons (Fsp3) is 0.378. The molecule has 0 bridgehead atoms. The molecule has 63 heavy (non-hydrogen) atoms. The largest absolute Gasteiger partial charge is 0.371 e. The van der Waals surface area contributed by atoms with E-state index >= 15 is 0 Å². The standard InChI is InChI=1S/C45H45N13O5/c46-23-29-2-1-3-36(50-29)42(60)52-30-20-33(21-30)57-26-49-39-40(47-25-48-41(39)57)51-28-4-6-31(7-5-28)56-18-16-54(17-19-56)24-27-12-14-55(15-13-27)32-8-9-34-35(22-32)45(63)58(44(34)62)37-10-11-38(59)53-43(37)61/h1-9,22,25-27,30,33,37H,10-21,24H2,(H,52,60)(H,47,48,51)(H,53,59,61)/t30?,33?,37-/m0/s1. The van der Waals surface area contributed by atoms with Gasteiger partial charge >= 0.3 is 0 Å². The van der Waals surface area contributed by atoms with Crippen LogP contribution in [0.25, 0.3) is 11.2 Å².